The van der Waals surface area contributed by atoms with Crippen molar-refractivity contribution in [2.45, 2.75) is 31.8 Å². The molecule has 0 N–H and O–H groups in total. The zero-order valence-corrected chi connectivity index (χ0v) is 8.65. The fourth-order valence-corrected chi connectivity index (χ4v) is 1.54. The molecule has 1 heterocycles. The summed E-state index contributed by atoms with van der Waals surface area (Å²) in [6.07, 6.45) is 4.63. The molecule has 1 fully saturated rings. The zero-order valence-electron chi connectivity index (χ0n) is 8.65. The second-order valence-electron chi connectivity index (χ2n) is 3.98. The van der Waals surface area contributed by atoms with Gasteiger partial charge in [-0.15, -0.1) is 0 Å². The van der Waals surface area contributed by atoms with Crippen LogP contribution in [0.3, 0.4) is 0 Å². The van der Waals surface area contributed by atoms with Gasteiger partial charge in [-0.1, -0.05) is 0 Å². The molecule has 0 unspecified atom stereocenters. The maximum absolute atomic E-state index is 12.3. The minimum atomic E-state index is -0.517. The van der Waals surface area contributed by atoms with E-state index >= 15 is 0 Å². The Morgan fingerprint density at radius 1 is 1.67 bits per heavy atom. The molecule has 0 aromatic carbocycles. The number of hydrogen-bond acceptors (Lipinski definition) is 2. The number of aromatic nitrogens is 1. The van der Waals surface area contributed by atoms with E-state index in [0.29, 0.717) is 11.7 Å². The highest BCUT2D eigenvalue weighted by Gasteiger charge is 2.29. The molecule has 0 spiro atoms. The summed E-state index contributed by atoms with van der Waals surface area (Å²) in [6.45, 7) is 1.16. The molecular weight excluding hydrogens is 197 g/mol. The van der Waals surface area contributed by atoms with Crippen molar-refractivity contribution in [3.63, 3.8) is 0 Å². The lowest BCUT2D eigenvalue weighted by molar-refractivity contribution is -0.605. The summed E-state index contributed by atoms with van der Waals surface area (Å²) in [5.74, 6) is 1.07. The van der Waals surface area contributed by atoms with Crippen LogP contribution < -0.4 is 9.47 Å². The van der Waals surface area contributed by atoms with Crippen LogP contribution in [0.1, 0.15) is 31.2 Å². The highest BCUT2D eigenvalue weighted by atomic mass is 19.1. The van der Waals surface area contributed by atoms with Crippen molar-refractivity contribution >= 4 is 0 Å². The Morgan fingerprint density at radius 3 is 3.00 bits per heavy atom. The fourth-order valence-electron chi connectivity index (χ4n) is 1.54. The molecule has 1 aliphatic carbocycles. The average molecular weight is 211 g/mol. The SMILES string of the molecule is C[C@@H](CF)Oc1cc[n+]([O-])cc1C1CC1. The summed E-state index contributed by atoms with van der Waals surface area (Å²) in [5.41, 5.74) is 0.910. The van der Waals surface area contributed by atoms with E-state index in [1.165, 1.54) is 12.4 Å². The lowest BCUT2D eigenvalue weighted by Crippen LogP contribution is -2.26. The second-order valence-corrected chi connectivity index (χ2v) is 3.98. The predicted octanol–water partition coefficient (Wildman–Crippen LogP) is 1.93. The predicted molar refractivity (Wildman–Crippen MR) is 53.4 cm³/mol. The first kappa shape index (κ1) is 10.2. The summed E-state index contributed by atoms with van der Waals surface area (Å²) in [6, 6.07) is 1.62. The highest BCUT2D eigenvalue weighted by molar-refractivity contribution is 5.34. The van der Waals surface area contributed by atoms with E-state index in [1.54, 1.807) is 13.0 Å². The number of nitrogens with zero attached hydrogens (tertiary/aromatic N) is 1. The first-order chi connectivity index (χ1) is 7.20. The molecule has 15 heavy (non-hydrogen) atoms. The molecule has 0 saturated heterocycles. The van der Waals surface area contributed by atoms with Crippen LogP contribution in [0.5, 0.6) is 5.75 Å². The molecule has 1 aromatic heterocycles. The van der Waals surface area contributed by atoms with Gasteiger partial charge in [-0.2, -0.15) is 4.73 Å². The lowest BCUT2D eigenvalue weighted by atomic mass is 10.2. The van der Waals surface area contributed by atoms with Gasteiger partial charge in [0.2, 0.25) is 0 Å². The van der Waals surface area contributed by atoms with Crippen LogP contribution in [0, 0.1) is 5.21 Å². The molecule has 0 bridgehead atoms. The quantitative estimate of drug-likeness (QED) is 0.563. The summed E-state index contributed by atoms with van der Waals surface area (Å²) in [7, 11) is 0. The molecule has 1 atom stereocenters. The van der Waals surface area contributed by atoms with Crippen molar-refractivity contribution in [1.29, 1.82) is 0 Å². The molecule has 1 aromatic rings. The van der Waals surface area contributed by atoms with Gasteiger partial charge in [-0.05, 0) is 25.7 Å². The minimum Gasteiger partial charge on any atom is -0.619 e. The average Bonchev–Trinajstić information content (AvgIpc) is 3.04. The van der Waals surface area contributed by atoms with Crippen LogP contribution in [0.2, 0.25) is 0 Å². The van der Waals surface area contributed by atoms with Gasteiger partial charge in [0.15, 0.2) is 12.4 Å². The summed E-state index contributed by atoms with van der Waals surface area (Å²) >= 11 is 0. The third kappa shape index (κ3) is 2.37. The van der Waals surface area contributed by atoms with Crippen molar-refractivity contribution in [2.75, 3.05) is 6.67 Å². The van der Waals surface area contributed by atoms with Crippen LogP contribution in [0.25, 0.3) is 0 Å². The summed E-state index contributed by atoms with van der Waals surface area (Å²) in [4.78, 5) is 0. The number of pyridine rings is 1. The Bertz CT molecular complexity index is 352. The standard InChI is InChI=1S/C11H14FNO2/c1-8(6-12)15-11-4-5-13(14)7-10(11)9-2-3-9/h4-5,7-9H,2-3,6H2,1H3/t8-/m0/s1. The molecule has 0 radical (unpaired) electrons. The maximum Gasteiger partial charge on any atom is 0.187 e. The summed E-state index contributed by atoms with van der Waals surface area (Å²) in [5, 5.41) is 11.1. The molecule has 0 aliphatic heterocycles. The highest BCUT2D eigenvalue weighted by Crippen LogP contribution is 2.43. The molecular formula is C11H14FNO2. The first-order valence-electron chi connectivity index (χ1n) is 5.16. The topological polar surface area (TPSA) is 36.2 Å². The van der Waals surface area contributed by atoms with Crippen molar-refractivity contribution in [1.82, 2.24) is 0 Å². The smallest absolute Gasteiger partial charge is 0.187 e. The van der Waals surface area contributed by atoms with Gasteiger partial charge in [-0.3, -0.25) is 0 Å². The van der Waals surface area contributed by atoms with E-state index < -0.39 is 12.8 Å². The minimum absolute atomic E-state index is 0.424. The fraction of sp³-hybridized carbons (Fsp3) is 0.545. The van der Waals surface area contributed by atoms with Crippen LogP contribution in [0.4, 0.5) is 4.39 Å². The Balaban J connectivity index is 2.21. The van der Waals surface area contributed by atoms with Gasteiger partial charge in [0.25, 0.3) is 0 Å². The van der Waals surface area contributed by atoms with Crippen molar-refractivity contribution < 1.29 is 13.9 Å². The summed E-state index contributed by atoms with van der Waals surface area (Å²) < 4.78 is 18.5. The van der Waals surface area contributed by atoms with Gasteiger partial charge in [0, 0.05) is 6.07 Å². The Kier molecular flexibility index (Phi) is 2.75. The van der Waals surface area contributed by atoms with Crippen molar-refractivity contribution in [2.24, 2.45) is 0 Å². The van der Waals surface area contributed by atoms with Crippen LogP contribution in [0.15, 0.2) is 18.5 Å². The van der Waals surface area contributed by atoms with E-state index in [0.717, 1.165) is 23.1 Å². The van der Waals surface area contributed by atoms with Gasteiger partial charge < -0.3 is 9.94 Å². The molecule has 3 nitrogen and oxygen atoms in total. The van der Waals surface area contributed by atoms with E-state index in [-0.39, 0.29) is 0 Å². The van der Waals surface area contributed by atoms with E-state index in [1.807, 2.05) is 0 Å². The number of alkyl halides is 1. The largest absolute Gasteiger partial charge is 0.619 e. The Hall–Kier alpha value is -1.32. The number of hydrogen-bond donors (Lipinski definition) is 0. The maximum atomic E-state index is 12.3. The van der Waals surface area contributed by atoms with Gasteiger partial charge in [0.1, 0.15) is 18.5 Å². The van der Waals surface area contributed by atoms with Crippen molar-refractivity contribution in [3.05, 3.63) is 29.2 Å². The third-order valence-electron chi connectivity index (χ3n) is 2.49. The van der Waals surface area contributed by atoms with Gasteiger partial charge >= 0.3 is 0 Å². The Morgan fingerprint density at radius 2 is 2.40 bits per heavy atom. The van der Waals surface area contributed by atoms with Crippen LogP contribution >= 0.6 is 0 Å². The molecule has 1 saturated carbocycles. The zero-order chi connectivity index (χ0) is 10.8. The van der Waals surface area contributed by atoms with Gasteiger partial charge in [0.05, 0.1) is 5.56 Å². The second kappa shape index (κ2) is 4.04. The normalized spacial score (nSPS) is 17.5. The molecule has 1 aliphatic rings. The van der Waals surface area contributed by atoms with Crippen LogP contribution in [-0.2, 0) is 0 Å². The molecule has 82 valence electrons. The van der Waals surface area contributed by atoms with Gasteiger partial charge in [-0.25, -0.2) is 4.39 Å². The van der Waals surface area contributed by atoms with E-state index in [2.05, 4.69) is 0 Å². The third-order valence-corrected chi connectivity index (χ3v) is 2.49. The van der Waals surface area contributed by atoms with Crippen LogP contribution in [-0.4, -0.2) is 12.8 Å². The Labute approximate surface area is 88.1 Å². The first-order valence-corrected chi connectivity index (χ1v) is 5.16. The number of rotatable bonds is 4. The molecule has 4 heteroatoms. The number of halogens is 1. The molecule has 0 amide bonds. The lowest BCUT2D eigenvalue weighted by Gasteiger charge is -2.13. The van der Waals surface area contributed by atoms with Crippen molar-refractivity contribution in [3.8, 4) is 5.75 Å². The monoisotopic (exact) mass is 211 g/mol. The van der Waals surface area contributed by atoms with E-state index in [4.69, 9.17) is 4.74 Å². The number of ether oxygens (including phenoxy) is 1. The van der Waals surface area contributed by atoms with E-state index in [9.17, 15) is 9.60 Å². The molecule has 2 rings (SSSR count).